The van der Waals surface area contributed by atoms with Gasteiger partial charge in [0, 0.05) is 11.9 Å². The van der Waals surface area contributed by atoms with E-state index in [0.29, 0.717) is 0 Å². The Bertz CT molecular complexity index is 136. The lowest BCUT2D eigenvalue weighted by atomic mass is 10.4. The smallest absolute Gasteiger partial charge is 0.0839 e. The number of methoxy groups -OCH3 is 1. The van der Waals surface area contributed by atoms with E-state index in [1.165, 1.54) is 0 Å². The van der Waals surface area contributed by atoms with E-state index in [4.69, 9.17) is 12.2 Å². The van der Waals surface area contributed by atoms with Crippen LogP contribution in [0.2, 0.25) is 0 Å². The van der Waals surface area contributed by atoms with Gasteiger partial charge in [-0.2, -0.15) is 0 Å². The van der Waals surface area contributed by atoms with Crippen LogP contribution in [0.5, 0.6) is 0 Å². The summed E-state index contributed by atoms with van der Waals surface area (Å²) >= 11 is 4.89. The average molecular weight is 157 g/mol. The molecule has 56 valence electrons. The maximum absolute atomic E-state index is 4.89. The minimum absolute atomic E-state index is 0.733. The number of hydrogen-bond acceptors (Lipinski definition) is 3. The Morgan fingerprint density at radius 3 is 2.70 bits per heavy atom. The molecule has 0 rings (SSSR count). The van der Waals surface area contributed by atoms with E-state index in [1.807, 2.05) is 7.05 Å². The molecule has 2 nitrogen and oxygen atoms in total. The van der Waals surface area contributed by atoms with Crippen LogP contribution in [0.1, 0.15) is 0 Å². The lowest BCUT2D eigenvalue weighted by Crippen LogP contribution is -1.93. The van der Waals surface area contributed by atoms with Crippen molar-refractivity contribution in [2.24, 2.45) is 0 Å². The zero-order valence-corrected chi connectivity index (χ0v) is 6.94. The summed E-state index contributed by atoms with van der Waals surface area (Å²) in [6, 6.07) is 0. The number of nitrogens with one attached hydrogen (secondary N) is 1. The van der Waals surface area contributed by atoms with Gasteiger partial charge in [-0.25, -0.2) is 0 Å². The highest BCUT2D eigenvalue weighted by Crippen LogP contribution is 1.83. The fourth-order valence-electron chi connectivity index (χ4n) is 0.356. The lowest BCUT2D eigenvalue weighted by Gasteiger charge is -1.87. The summed E-state index contributed by atoms with van der Waals surface area (Å²) in [7, 11) is 3.40. The molecule has 0 spiro atoms. The first-order valence-electron chi connectivity index (χ1n) is 2.88. The SMILES string of the molecule is CN/C=C/C(=S)/C=C/OC. The fraction of sp³-hybridized carbons (Fsp3) is 0.286. The predicted octanol–water partition coefficient (Wildman–Crippen LogP) is 1.25. The molecule has 0 saturated heterocycles. The quantitative estimate of drug-likeness (QED) is 0.377. The minimum Gasteiger partial charge on any atom is -0.504 e. The van der Waals surface area contributed by atoms with Crippen LogP contribution in [0, 0.1) is 0 Å². The molecule has 0 saturated carbocycles. The largest absolute Gasteiger partial charge is 0.504 e. The van der Waals surface area contributed by atoms with Crippen LogP contribution >= 0.6 is 12.2 Å². The maximum Gasteiger partial charge on any atom is 0.0839 e. The summed E-state index contributed by atoms with van der Waals surface area (Å²) in [6.07, 6.45) is 6.80. The van der Waals surface area contributed by atoms with Crippen LogP contribution < -0.4 is 5.32 Å². The number of thiocarbonyl (C=S) groups is 1. The van der Waals surface area contributed by atoms with E-state index in [-0.39, 0.29) is 0 Å². The van der Waals surface area contributed by atoms with Gasteiger partial charge in [-0.15, -0.1) is 0 Å². The molecule has 0 amide bonds. The number of rotatable bonds is 4. The molecule has 0 heterocycles. The summed E-state index contributed by atoms with van der Waals surface area (Å²) in [5.74, 6) is 0. The Hall–Kier alpha value is -0.830. The highest BCUT2D eigenvalue weighted by Gasteiger charge is 1.79. The van der Waals surface area contributed by atoms with E-state index in [0.717, 1.165) is 4.86 Å². The van der Waals surface area contributed by atoms with Gasteiger partial charge in [0.25, 0.3) is 0 Å². The van der Waals surface area contributed by atoms with Crippen molar-refractivity contribution in [2.45, 2.75) is 0 Å². The molecule has 0 aromatic heterocycles. The molecule has 10 heavy (non-hydrogen) atoms. The summed E-state index contributed by atoms with van der Waals surface area (Å²) in [6.45, 7) is 0. The lowest BCUT2D eigenvalue weighted by molar-refractivity contribution is 0.338. The maximum atomic E-state index is 4.89. The van der Waals surface area contributed by atoms with Gasteiger partial charge in [0.15, 0.2) is 0 Å². The van der Waals surface area contributed by atoms with Crippen molar-refractivity contribution in [1.82, 2.24) is 5.32 Å². The highest BCUT2D eigenvalue weighted by molar-refractivity contribution is 7.81. The van der Waals surface area contributed by atoms with E-state index < -0.39 is 0 Å². The van der Waals surface area contributed by atoms with Crippen molar-refractivity contribution in [2.75, 3.05) is 14.2 Å². The van der Waals surface area contributed by atoms with Crippen molar-refractivity contribution in [1.29, 1.82) is 0 Å². The first kappa shape index (κ1) is 9.17. The molecule has 0 aliphatic rings. The van der Waals surface area contributed by atoms with E-state index in [9.17, 15) is 0 Å². The van der Waals surface area contributed by atoms with E-state index in [2.05, 4.69) is 10.1 Å². The summed E-state index contributed by atoms with van der Waals surface area (Å²) < 4.78 is 4.67. The zero-order valence-electron chi connectivity index (χ0n) is 6.13. The van der Waals surface area contributed by atoms with Gasteiger partial charge in [-0.05, 0) is 18.4 Å². The van der Waals surface area contributed by atoms with Crippen LogP contribution in [0.4, 0.5) is 0 Å². The van der Waals surface area contributed by atoms with Crippen LogP contribution in [0.3, 0.4) is 0 Å². The van der Waals surface area contributed by atoms with Gasteiger partial charge in [0.1, 0.15) is 0 Å². The Labute approximate surface area is 66.6 Å². The minimum atomic E-state index is 0.733. The van der Waals surface area contributed by atoms with Crippen molar-refractivity contribution in [3.63, 3.8) is 0 Å². The molecule has 0 radical (unpaired) electrons. The van der Waals surface area contributed by atoms with Gasteiger partial charge in [0.2, 0.25) is 0 Å². The predicted molar refractivity (Wildman–Crippen MR) is 46.9 cm³/mol. The van der Waals surface area contributed by atoms with Gasteiger partial charge in [-0.3, -0.25) is 0 Å². The number of ether oxygens (including phenoxy) is 1. The highest BCUT2D eigenvalue weighted by atomic mass is 32.1. The molecular formula is C7H11NOS. The Morgan fingerprint density at radius 2 is 2.20 bits per heavy atom. The van der Waals surface area contributed by atoms with Crippen molar-refractivity contribution < 1.29 is 4.74 Å². The Balaban J connectivity index is 3.63. The molecule has 3 heteroatoms. The molecular weight excluding hydrogens is 146 g/mol. The zero-order chi connectivity index (χ0) is 7.82. The molecule has 0 atom stereocenters. The third kappa shape index (κ3) is 5.31. The molecule has 0 aromatic rings. The van der Waals surface area contributed by atoms with E-state index >= 15 is 0 Å². The second kappa shape index (κ2) is 6.29. The fourth-order valence-corrected chi connectivity index (χ4v) is 0.480. The molecule has 0 aliphatic carbocycles. The van der Waals surface area contributed by atoms with Crippen LogP contribution in [-0.2, 0) is 4.74 Å². The van der Waals surface area contributed by atoms with Crippen molar-refractivity contribution in [3.8, 4) is 0 Å². The average Bonchev–Trinajstić information content (AvgIpc) is 1.97. The molecule has 0 fully saturated rings. The van der Waals surface area contributed by atoms with Crippen molar-refractivity contribution >= 4 is 17.1 Å². The molecule has 0 aromatic carbocycles. The molecule has 0 bridgehead atoms. The Kier molecular flexibility index (Phi) is 5.77. The van der Waals surface area contributed by atoms with Crippen LogP contribution in [-0.4, -0.2) is 19.0 Å². The van der Waals surface area contributed by atoms with E-state index in [1.54, 1.807) is 31.7 Å². The molecule has 0 aliphatic heterocycles. The van der Waals surface area contributed by atoms with Crippen molar-refractivity contribution in [3.05, 3.63) is 24.6 Å². The first-order valence-corrected chi connectivity index (χ1v) is 3.29. The molecule has 0 unspecified atom stereocenters. The van der Waals surface area contributed by atoms with Crippen LogP contribution in [0.15, 0.2) is 24.6 Å². The van der Waals surface area contributed by atoms with Gasteiger partial charge in [-0.1, -0.05) is 12.2 Å². The third-order valence-electron chi connectivity index (χ3n) is 0.783. The standard InChI is InChI=1S/C7H11NOS/c1-8-5-3-7(10)4-6-9-2/h3-6,8H,1-2H3/b5-3+,6-4+. The number of hydrogen-bond donors (Lipinski definition) is 1. The summed E-state index contributed by atoms with van der Waals surface area (Å²) in [4.78, 5) is 0.733. The monoisotopic (exact) mass is 157 g/mol. The normalized spacial score (nSPS) is 10.6. The van der Waals surface area contributed by atoms with Gasteiger partial charge >= 0.3 is 0 Å². The summed E-state index contributed by atoms with van der Waals surface area (Å²) in [5.41, 5.74) is 0. The first-order chi connectivity index (χ1) is 4.81. The van der Waals surface area contributed by atoms with Gasteiger partial charge in [0.05, 0.1) is 13.4 Å². The Morgan fingerprint density at radius 1 is 1.50 bits per heavy atom. The third-order valence-corrected chi connectivity index (χ3v) is 1.05. The van der Waals surface area contributed by atoms with Gasteiger partial charge < -0.3 is 10.1 Å². The molecule has 1 N–H and O–H groups in total. The van der Waals surface area contributed by atoms with Crippen LogP contribution in [0.25, 0.3) is 0 Å². The number of allylic oxidation sites excluding steroid dienone is 2. The topological polar surface area (TPSA) is 21.3 Å². The summed E-state index contributed by atoms with van der Waals surface area (Å²) in [5, 5.41) is 2.83. The second-order valence-corrected chi connectivity index (χ2v) is 2.03. The second-order valence-electron chi connectivity index (χ2n) is 1.56.